The maximum Gasteiger partial charge on any atom is 0.233 e. The van der Waals surface area contributed by atoms with E-state index in [9.17, 15) is 4.79 Å². The van der Waals surface area contributed by atoms with Gasteiger partial charge < -0.3 is 10.6 Å². The Labute approximate surface area is 156 Å². The summed E-state index contributed by atoms with van der Waals surface area (Å²) < 4.78 is 0. The summed E-state index contributed by atoms with van der Waals surface area (Å²) in [6.45, 7) is 10.2. The standard InChI is InChI=1S/C18H29N3OS.ClH/c1-15(2)17(23-14-16-6-4-3-5-7-16)18(22)20-10-13-21-11-8-19-9-12-21;/h3-7,15,17,19H,8-14H2,1-2H3,(H,20,22);1H. The Hall–Kier alpha value is -0.750. The van der Waals surface area contributed by atoms with E-state index < -0.39 is 0 Å². The molecule has 1 aliphatic rings. The smallest absolute Gasteiger partial charge is 0.233 e. The molecule has 1 atom stereocenters. The van der Waals surface area contributed by atoms with Gasteiger partial charge in [0.2, 0.25) is 5.91 Å². The maximum absolute atomic E-state index is 12.5. The number of piperazine rings is 1. The number of thioether (sulfide) groups is 1. The first-order chi connectivity index (χ1) is 11.2. The molecule has 0 spiro atoms. The predicted molar refractivity (Wildman–Crippen MR) is 106 cm³/mol. The normalized spacial score (nSPS) is 16.5. The molecule has 2 rings (SSSR count). The van der Waals surface area contributed by atoms with Gasteiger partial charge in [0.25, 0.3) is 0 Å². The minimum Gasteiger partial charge on any atom is -0.354 e. The van der Waals surface area contributed by atoms with Crippen molar-refractivity contribution in [3.05, 3.63) is 35.9 Å². The number of halogens is 1. The Bertz CT molecular complexity index is 467. The second-order valence-electron chi connectivity index (χ2n) is 6.34. The Kier molecular flexibility index (Phi) is 10.4. The number of rotatable bonds is 8. The monoisotopic (exact) mass is 371 g/mol. The number of carbonyl (C=O) groups is 1. The van der Waals surface area contributed by atoms with Crippen LogP contribution in [0, 0.1) is 5.92 Å². The summed E-state index contributed by atoms with van der Waals surface area (Å²) in [5.41, 5.74) is 1.27. The fourth-order valence-corrected chi connectivity index (χ4v) is 3.89. The van der Waals surface area contributed by atoms with E-state index in [0.29, 0.717) is 5.92 Å². The summed E-state index contributed by atoms with van der Waals surface area (Å²) in [5.74, 6) is 1.40. The van der Waals surface area contributed by atoms with Gasteiger partial charge in [-0.3, -0.25) is 9.69 Å². The van der Waals surface area contributed by atoms with Gasteiger partial charge in [-0.05, 0) is 11.5 Å². The van der Waals surface area contributed by atoms with Gasteiger partial charge in [-0.25, -0.2) is 0 Å². The molecule has 1 aromatic carbocycles. The van der Waals surface area contributed by atoms with Crippen molar-refractivity contribution in [1.82, 2.24) is 15.5 Å². The Morgan fingerprint density at radius 2 is 1.92 bits per heavy atom. The van der Waals surface area contributed by atoms with Gasteiger partial charge in [0.05, 0.1) is 5.25 Å². The number of nitrogens with zero attached hydrogens (tertiary/aromatic N) is 1. The SMILES string of the molecule is CC(C)C(SCc1ccccc1)C(=O)NCCN1CCNCC1.Cl. The second-order valence-corrected chi connectivity index (χ2v) is 7.47. The van der Waals surface area contributed by atoms with Crippen LogP contribution in [0.25, 0.3) is 0 Å². The largest absolute Gasteiger partial charge is 0.354 e. The molecule has 0 bridgehead atoms. The Balaban J connectivity index is 0.00000288. The molecule has 1 amide bonds. The third kappa shape index (κ3) is 7.43. The molecule has 0 aromatic heterocycles. The summed E-state index contributed by atoms with van der Waals surface area (Å²) in [6.07, 6.45) is 0. The molecule has 0 saturated carbocycles. The van der Waals surface area contributed by atoms with E-state index in [2.05, 4.69) is 41.5 Å². The van der Waals surface area contributed by atoms with Gasteiger partial charge >= 0.3 is 0 Å². The molecule has 0 aliphatic carbocycles. The molecule has 136 valence electrons. The summed E-state index contributed by atoms with van der Waals surface area (Å²) in [6, 6.07) is 10.4. The average Bonchev–Trinajstić information content (AvgIpc) is 2.56. The van der Waals surface area contributed by atoms with Gasteiger partial charge in [-0.15, -0.1) is 24.2 Å². The maximum atomic E-state index is 12.5. The molecule has 1 fully saturated rings. The number of amides is 1. The molecule has 1 saturated heterocycles. The number of nitrogens with one attached hydrogen (secondary N) is 2. The van der Waals surface area contributed by atoms with Gasteiger partial charge in [0.1, 0.15) is 0 Å². The van der Waals surface area contributed by atoms with Crippen LogP contribution < -0.4 is 10.6 Å². The van der Waals surface area contributed by atoms with Crippen LogP contribution in [0.2, 0.25) is 0 Å². The second kappa shape index (κ2) is 11.7. The molecule has 24 heavy (non-hydrogen) atoms. The highest BCUT2D eigenvalue weighted by molar-refractivity contribution is 7.99. The number of benzene rings is 1. The van der Waals surface area contributed by atoms with Crippen LogP contribution in [0.15, 0.2) is 30.3 Å². The number of hydrogen-bond acceptors (Lipinski definition) is 4. The van der Waals surface area contributed by atoms with Crippen LogP contribution in [0.3, 0.4) is 0 Å². The molecule has 4 nitrogen and oxygen atoms in total. The quantitative estimate of drug-likeness (QED) is 0.736. The lowest BCUT2D eigenvalue weighted by atomic mass is 10.1. The zero-order chi connectivity index (χ0) is 16.5. The van der Waals surface area contributed by atoms with Crippen LogP contribution >= 0.6 is 24.2 Å². The number of hydrogen-bond donors (Lipinski definition) is 2. The van der Waals surface area contributed by atoms with Crippen LogP contribution in [-0.4, -0.2) is 55.3 Å². The molecule has 1 unspecified atom stereocenters. The fraction of sp³-hybridized carbons (Fsp3) is 0.611. The first kappa shape index (κ1) is 21.3. The van der Waals surface area contributed by atoms with Gasteiger partial charge in [0, 0.05) is 45.0 Å². The van der Waals surface area contributed by atoms with Crippen molar-refractivity contribution in [3.63, 3.8) is 0 Å². The van der Waals surface area contributed by atoms with Gasteiger partial charge in [-0.2, -0.15) is 0 Å². The van der Waals surface area contributed by atoms with Crippen molar-refractivity contribution >= 4 is 30.1 Å². The van der Waals surface area contributed by atoms with E-state index in [1.165, 1.54) is 5.56 Å². The lowest BCUT2D eigenvalue weighted by Gasteiger charge is -2.27. The van der Waals surface area contributed by atoms with E-state index in [0.717, 1.165) is 45.0 Å². The molecule has 1 aliphatic heterocycles. The highest BCUT2D eigenvalue weighted by Gasteiger charge is 2.22. The van der Waals surface area contributed by atoms with E-state index in [1.54, 1.807) is 11.8 Å². The summed E-state index contributed by atoms with van der Waals surface area (Å²) >= 11 is 1.74. The summed E-state index contributed by atoms with van der Waals surface area (Å²) in [5, 5.41) is 6.49. The van der Waals surface area contributed by atoms with E-state index in [1.807, 2.05) is 18.2 Å². The molecule has 2 N–H and O–H groups in total. The van der Waals surface area contributed by atoms with Gasteiger partial charge in [-0.1, -0.05) is 44.2 Å². The van der Waals surface area contributed by atoms with Crippen LogP contribution in [-0.2, 0) is 10.5 Å². The average molecular weight is 372 g/mol. The van der Waals surface area contributed by atoms with Crippen LogP contribution in [0.5, 0.6) is 0 Å². The van der Waals surface area contributed by atoms with E-state index in [4.69, 9.17) is 0 Å². The van der Waals surface area contributed by atoms with Crippen LogP contribution in [0.4, 0.5) is 0 Å². The number of carbonyl (C=O) groups excluding carboxylic acids is 1. The Morgan fingerprint density at radius 3 is 2.54 bits per heavy atom. The molecular formula is C18H30ClN3OS. The van der Waals surface area contributed by atoms with E-state index >= 15 is 0 Å². The third-order valence-corrected chi connectivity index (χ3v) is 5.69. The Morgan fingerprint density at radius 1 is 1.25 bits per heavy atom. The van der Waals surface area contributed by atoms with E-state index in [-0.39, 0.29) is 23.6 Å². The van der Waals surface area contributed by atoms with Crippen molar-refractivity contribution in [2.24, 2.45) is 5.92 Å². The minimum absolute atomic E-state index is 0. The first-order valence-electron chi connectivity index (χ1n) is 8.53. The summed E-state index contributed by atoms with van der Waals surface area (Å²) in [7, 11) is 0. The van der Waals surface area contributed by atoms with Crippen molar-refractivity contribution in [2.45, 2.75) is 24.9 Å². The molecule has 1 aromatic rings. The molecule has 0 radical (unpaired) electrons. The van der Waals surface area contributed by atoms with Crippen molar-refractivity contribution in [1.29, 1.82) is 0 Å². The minimum atomic E-state index is 0. The molecule has 1 heterocycles. The topological polar surface area (TPSA) is 44.4 Å². The zero-order valence-corrected chi connectivity index (χ0v) is 16.3. The molecule has 6 heteroatoms. The van der Waals surface area contributed by atoms with Crippen LogP contribution in [0.1, 0.15) is 19.4 Å². The highest BCUT2D eigenvalue weighted by Crippen LogP contribution is 2.23. The zero-order valence-electron chi connectivity index (χ0n) is 14.7. The summed E-state index contributed by atoms with van der Waals surface area (Å²) in [4.78, 5) is 14.9. The lowest BCUT2D eigenvalue weighted by molar-refractivity contribution is -0.121. The predicted octanol–water partition coefficient (Wildman–Crippen LogP) is 2.39. The van der Waals surface area contributed by atoms with Crippen molar-refractivity contribution in [3.8, 4) is 0 Å². The lowest BCUT2D eigenvalue weighted by Crippen LogP contribution is -2.47. The fourth-order valence-electron chi connectivity index (χ4n) is 2.70. The third-order valence-electron chi connectivity index (χ3n) is 4.07. The van der Waals surface area contributed by atoms with Gasteiger partial charge in [0.15, 0.2) is 0 Å². The molecular weight excluding hydrogens is 342 g/mol. The van der Waals surface area contributed by atoms with Crippen molar-refractivity contribution in [2.75, 3.05) is 39.3 Å². The first-order valence-corrected chi connectivity index (χ1v) is 9.58. The van der Waals surface area contributed by atoms with Crippen molar-refractivity contribution < 1.29 is 4.79 Å². The highest BCUT2D eigenvalue weighted by atomic mass is 35.5.